The minimum absolute atomic E-state index is 0.113. The SMILES string of the molecule is CC(C)(C)c1ccc(S(c2ccccc2)(c2ccccc2)c2cccc3c2sc2ccccc23)cc1. The average molecular weight is 503 g/mol. The minimum Gasteiger partial charge on any atom is -0.134 e. The Balaban J connectivity index is 1.77. The molecule has 0 aliphatic heterocycles. The van der Waals surface area contributed by atoms with Gasteiger partial charge in [-0.2, -0.15) is 0 Å². The molecule has 0 unspecified atom stereocenters. The van der Waals surface area contributed by atoms with Crippen LogP contribution < -0.4 is 0 Å². The lowest BCUT2D eigenvalue weighted by Gasteiger charge is -2.42. The Bertz CT molecular complexity index is 1600. The number of hydrogen-bond acceptors (Lipinski definition) is 1. The highest BCUT2D eigenvalue weighted by Crippen LogP contribution is 2.75. The summed E-state index contributed by atoms with van der Waals surface area (Å²) >= 11 is 1.93. The summed E-state index contributed by atoms with van der Waals surface area (Å²) in [6.45, 7) is 6.86. The second kappa shape index (κ2) is 8.96. The average Bonchev–Trinajstić information content (AvgIpc) is 3.30. The van der Waals surface area contributed by atoms with Crippen molar-refractivity contribution < 1.29 is 0 Å². The van der Waals surface area contributed by atoms with Crippen molar-refractivity contribution in [2.24, 2.45) is 0 Å². The van der Waals surface area contributed by atoms with E-state index in [1.165, 1.54) is 45.3 Å². The molecule has 1 heterocycles. The molecule has 0 N–H and O–H groups in total. The van der Waals surface area contributed by atoms with Crippen LogP contribution in [0.2, 0.25) is 0 Å². The summed E-state index contributed by atoms with van der Waals surface area (Å²) in [7, 11) is -1.74. The molecule has 6 aromatic rings. The lowest BCUT2D eigenvalue weighted by atomic mass is 9.87. The molecule has 178 valence electrons. The van der Waals surface area contributed by atoms with Crippen LogP contribution >= 0.6 is 21.4 Å². The Morgan fingerprint density at radius 3 is 1.64 bits per heavy atom. The molecular weight excluding hydrogens is 473 g/mol. The normalized spacial score (nSPS) is 12.8. The van der Waals surface area contributed by atoms with E-state index in [-0.39, 0.29) is 5.41 Å². The van der Waals surface area contributed by atoms with E-state index in [1.807, 2.05) is 11.3 Å². The first-order valence-corrected chi connectivity index (χ1v) is 14.9. The largest absolute Gasteiger partial charge is 0.134 e. The molecule has 0 bridgehead atoms. The summed E-state index contributed by atoms with van der Waals surface area (Å²) in [5, 5.41) is 2.69. The molecule has 0 amide bonds. The highest BCUT2D eigenvalue weighted by atomic mass is 32.3. The van der Waals surface area contributed by atoms with Crippen LogP contribution in [0.5, 0.6) is 0 Å². The smallest absolute Gasteiger partial charge is 0.0485 e. The van der Waals surface area contributed by atoms with E-state index in [9.17, 15) is 0 Å². The number of fused-ring (bicyclic) bond motifs is 3. The van der Waals surface area contributed by atoms with Gasteiger partial charge in [0.15, 0.2) is 0 Å². The van der Waals surface area contributed by atoms with Crippen LogP contribution in [0.25, 0.3) is 20.2 Å². The van der Waals surface area contributed by atoms with Crippen LogP contribution in [0.1, 0.15) is 26.3 Å². The fourth-order valence-electron chi connectivity index (χ4n) is 5.16. The van der Waals surface area contributed by atoms with Gasteiger partial charge >= 0.3 is 0 Å². The van der Waals surface area contributed by atoms with Gasteiger partial charge in [-0.15, -0.1) is 21.4 Å². The summed E-state index contributed by atoms with van der Waals surface area (Å²) in [5.41, 5.74) is 1.47. The third-order valence-electron chi connectivity index (χ3n) is 6.97. The van der Waals surface area contributed by atoms with Gasteiger partial charge in [0.25, 0.3) is 0 Å². The van der Waals surface area contributed by atoms with Crippen molar-refractivity contribution in [2.45, 2.75) is 45.8 Å². The number of hydrogen-bond donors (Lipinski definition) is 0. The van der Waals surface area contributed by atoms with E-state index in [2.05, 4.69) is 148 Å². The third-order valence-corrected chi connectivity index (χ3v) is 12.3. The van der Waals surface area contributed by atoms with Crippen molar-refractivity contribution in [3.8, 4) is 0 Å². The van der Waals surface area contributed by atoms with Crippen LogP contribution in [-0.4, -0.2) is 0 Å². The maximum absolute atomic E-state index is 2.39. The quantitative estimate of drug-likeness (QED) is 0.225. The highest BCUT2D eigenvalue weighted by Gasteiger charge is 2.35. The van der Waals surface area contributed by atoms with E-state index >= 15 is 0 Å². The Morgan fingerprint density at radius 1 is 0.500 bits per heavy atom. The van der Waals surface area contributed by atoms with Crippen molar-refractivity contribution in [3.05, 3.63) is 133 Å². The second-order valence-corrected chi connectivity index (χ2v) is 14.4. The van der Waals surface area contributed by atoms with E-state index < -0.39 is 10.0 Å². The van der Waals surface area contributed by atoms with Crippen molar-refractivity contribution in [3.63, 3.8) is 0 Å². The molecular formula is C34H30S2. The molecule has 6 rings (SSSR count). The molecule has 0 saturated carbocycles. The van der Waals surface area contributed by atoms with Crippen LogP contribution in [0.3, 0.4) is 0 Å². The van der Waals surface area contributed by atoms with Crippen molar-refractivity contribution in [2.75, 3.05) is 0 Å². The van der Waals surface area contributed by atoms with Gasteiger partial charge in [0.1, 0.15) is 0 Å². The zero-order chi connectivity index (χ0) is 24.8. The number of thiophene rings is 1. The Morgan fingerprint density at radius 2 is 1.03 bits per heavy atom. The minimum atomic E-state index is -1.74. The third kappa shape index (κ3) is 3.68. The van der Waals surface area contributed by atoms with E-state index in [0.717, 1.165) is 0 Å². The van der Waals surface area contributed by atoms with Crippen LogP contribution in [-0.2, 0) is 5.41 Å². The lowest BCUT2D eigenvalue weighted by molar-refractivity contribution is 0.589. The van der Waals surface area contributed by atoms with Crippen LogP contribution in [0, 0.1) is 0 Å². The molecule has 36 heavy (non-hydrogen) atoms. The Labute approximate surface area is 219 Å². The van der Waals surface area contributed by atoms with Crippen molar-refractivity contribution >= 4 is 41.5 Å². The number of benzene rings is 5. The van der Waals surface area contributed by atoms with Gasteiger partial charge in [0, 0.05) is 39.8 Å². The molecule has 1 aromatic heterocycles. The second-order valence-electron chi connectivity index (χ2n) is 10.2. The fourth-order valence-corrected chi connectivity index (χ4v) is 10.7. The van der Waals surface area contributed by atoms with Gasteiger partial charge in [0.2, 0.25) is 0 Å². The van der Waals surface area contributed by atoms with Gasteiger partial charge in [-0.05, 0) is 59.5 Å². The Kier molecular flexibility index (Phi) is 5.75. The molecule has 0 nitrogen and oxygen atoms in total. The lowest BCUT2D eigenvalue weighted by Crippen LogP contribution is -2.11. The molecule has 0 spiro atoms. The molecule has 0 saturated heterocycles. The molecule has 0 aliphatic carbocycles. The first-order valence-electron chi connectivity index (χ1n) is 12.4. The fraction of sp³-hybridized carbons (Fsp3) is 0.118. The summed E-state index contributed by atoms with van der Waals surface area (Å²) in [6, 6.07) is 47.5. The number of rotatable bonds is 4. The van der Waals surface area contributed by atoms with Crippen LogP contribution in [0.15, 0.2) is 147 Å². The molecule has 2 heteroatoms. The van der Waals surface area contributed by atoms with Crippen molar-refractivity contribution in [1.29, 1.82) is 0 Å². The maximum Gasteiger partial charge on any atom is 0.0485 e. The predicted octanol–water partition coefficient (Wildman–Crippen LogP) is 10.7. The maximum atomic E-state index is 2.39. The standard InChI is InChI=1S/C34H30S2/c1-34(2,3)25-21-23-28(24-22-25)36(26-13-6-4-7-14-26,27-15-8-5-9-16-27)32-20-12-18-30-29-17-10-11-19-31(29)35-33(30)32/h4-24H,1-3H3. The summed E-state index contributed by atoms with van der Waals surface area (Å²) in [4.78, 5) is 5.52. The summed E-state index contributed by atoms with van der Waals surface area (Å²) < 4.78 is 2.73. The van der Waals surface area contributed by atoms with E-state index in [4.69, 9.17) is 0 Å². The molecule has 0 aliphatic rings. The first kappa shape index (κ1) is 23.1. The monoisotopic (exact) mass is 502 g/mol. The summed E-state index contributed by atoms with van der Waals surface area (Å²) in [5.74, 6) is 0. The van der Waals surface area contributed by atoms with Crippen LogP contribution in [0.4, 0.5) is 0 Å². The molecule has 0 atom stereocenters. The van der Waals surface area contributed by atoms with Gasteiger partial charge in [-0.1, -0.05) is 99.6 Å². The van der Waals surface area contributed by atoms with E-state index in [1.54, 1.807) is 0 Å². The van der Waals surface area contributed by atoms with Gasteiger partial charge in [-0.3, -0.25) is 0 Å². The van der Waals surface area contributed by atoms with Gasteiger partial charge in [-0.25, -0.2) is 0 Å². The molecule has 0 fully saturated rings. The zero-order valence-electron chi connectivity index (χ0n) is 20.9. The van der Waals surface area contributed by atoms with Crippen molar-refractivity contribution in [1.82, 2.24) is 0 Å². The first-order chi connectivity index (χ1) is 17.5. The molecule has 5 aromatic carbocycles. The van der Waals surface area contributed by atoms with Gasteiger partial charge in [0.05, 0.1) is 0 Å². The molecule has 0 radical (unpaired) electrons. The predicted molar refractivity (Wildman–Crippen MR) is 158 cm³/mol. The Hall–Kier alpha value is -3.33. The highest BCUT2D eigenvalue weighted by molar-refractivity contribution is 8.34. The summed E-state index contributed by atoms with van der Waals surface area (Å²) in [6.07, 6.45) is 0. The topological polar surface area (TPSA) is 0 Å². The van der Waals surface area contributed by atoms with Gasteiger partial charge < -0.3 is 0 Å². The van der Waals surface area contributed by atoms with E-state index in [0.29, 0.717) is 0 Å². The zero-order valence-corrected chi connectivity index (χ0v) is 22.6.